The number of carbonyl (C=O) groups is 1. The number of benzene rings is 1. The van der Waals surface area contributed by atoms with E-state index in [1.165, 1.54) is 18.5 Å². The highest BCUT2D eigenvalue weighted by molar-refractivity contribution is 5.89. The maximum atomic E-state index is 13.7. The van der Waals surface area contributed by atoms with Gasteiger partial charge in [-0.25, -0.2) is 13.3 Å². The van der Waals surface area contributed by atoms with Crippen molar-refractivity contribution < 1.29 is 23.0 Å². The van der Waals surface area contributed by atoms with Gasteiger partial charge in [-0.1, -0.05) is 0 Å². The standard InChI is InChI=1S/C21H18F2N4O3/c22-13-6-12(7-14(23)8-13)16-3-4-18-27(16)20(28)21(30-18)9-15(10-21)29-19-17-2-1-5-26(17)25-11-24-19/h1-2,5-8,11,15-16,18H,3-4,9-10H2/t15?,16-,18+,21?/m0/s1. The Kier molecular flexibility index (Phi) is 3.68. The molecule has 0 N–H and O–H groups in total. The number of aromatic nitrogens is 3. The first-order valence-corrected chi connectivity index (χ1v) is 9.94. The van der Waals surface area contributed by atoms with Crippen LogP contribution in [0.1, 0.15) is 37.3 Å². The summed E-state index contributed by atoms with van der Waals surface area (Å²) in [4.78, 5) is 19.1. The number of halogens is 2. The summed E-state index contributed by atoms with van der Waals surface area (Å²) < 4.78 is 41.2. The Labute approximate surface area is 170 Å². The molecular formula is C21H18F2N4O3. The average Bonchev–Trinajstić information content (AvgIpc) is 3.37. The lowest BCUT2D eigenvalue weighted by Crippen LogP contribution is -2.56. The van der Waals surface area contributed by atoms with Crippen molar-refractivity contribution in [3.05, 3.63) is 60.1 Å². The quantitative estimate of drug-likeness (QED) is 0.662. The second-order valence-corrected chi connectivity index (χ2v) is 8.13. The number of carbonyl (C=O) groups excluding carboxylic acids is 1. The van der Waals surface area contributed by atoms with Crippen LogP contribution in [0.5, 0.6) is 5.88 Å². The van der Waals surface area contributed by atoms with Crippen molar-refractivity contribution in [1.29, 1.82) is 0 Å². The van der Waals surface area contributed by atoms with Gasteiger partial charge in [-0.3, -0.25) is 4.79 Å². The van der Waals surface area contributed by atoms with E-state index in [0.29, 0.717) is 37.1 Å². The summed E-state index contributed by atoms with van der Waals surface area (Å²) in [5, 5.41) is 4.11. The van der Waals surface area contributed by atoms with Gasteiger partial charge in [0.05, 0.1) is 6.04 Å². The zero-order valence-electron chi connectivity index (χ0n) is 15.9. The molecule has 0 radical (unpaired) electrons. The largest absolute Gasteiger partial charge is 0.473 e. The van der Waals surface area contributed by atoms with E-state index >= 15 is 0 Å². The lowest BCUT2D eigenvalue weighted by Gasteiger charge is -2.42. The van der Waals surface area contributed by atoms with Gasteiger partial charge in [0.15, 0.2) is 5.60 Å². The number of amides is 1. The normalized spacial score (nSPS) is 30.1. The predicted octanol–water partition coefficient (Wildman–Crippen LogP) is 3.01. The predicted molar refractivity (Wildman–Crippen MR) is 99.4 cm³/mol. The third-order valence-electron chi connectivity index (χ3n) is 6.28. The van der Waals surface area contributed by atoms with Crippen molar-refractivity contribution >= 4 is 11.4 Å². The number of hydrogen-bond donors (Lipinski definition) is 0. The van der Waals surface area contributed by atoms with Gasteiger partial charge in [0.25, 0.3) is 5.91 Å². The van der Waals surface area contributed by atoms with Gasteiger partial charge in [0, 0.05) is 25.1 Å². The Bertz CT molecular complexity index is 1140. The molecule has 6 rings (SSSR count). The molecule has 1 aliphatic carbocycles. The van der Waals surface area contributed by atoms with Gasteiger partial charge in [0.1, 0.15) is 35.8 Å². The summed E-state index contributed by atoms with van der Waals surface area (Å²) in [7, 11) is 0. The second kappa shape index (κ2) is 6.21. The van der Waals surface area contributed by atoms with E-state index < -0.39 is 17.2 Å². The van der Waals surface area contributed by atoms with E-state index in [0.717, 1.165) is 11.6 Å². The minimum Gasteiger partial charge on any atom is -0.473 e. The third-order valence-corrected chi connectivity index (χ3v) is 6.28. The summed E-state index contributed by atoms with van der Waals surface area (Å²) in [5.41, 5.74) is 0.296. The second-order valence-electron chi connectivity index (χ2n) is 8.13. The van der Waals surface area contributed by atoms with Crippen LogP contribution in [0.3, 0.4) is 0 Å². The van der Waals surface area contributed by atoms with Crippen LogP contribution in [0.15, 0.2) is 42.9 Å². The van der Waals surface area contributed by atoms with Crippen LogP contribution in [0.4, 0.5) is 8.78 Å². The first kappa shape index (κ1) is 17.8. The fraction of sp³-hybridized carbons (Fsp3) is 0.381. The smallest absolute Gasteiger partial charge is 0.257 e. The molecule has 3 aromatic rings. The van der Waals surface area contributed by atoms with E-state index in [4.69, 9.17) is 9.47 Å². The zero-order chi connectivity index (χ0) is 20.5. The SMILES string of the molecule is O=C1N2[C@@H](CC[C@H]2c2cc(F)cc(F)c2)OC12CC(Oc1ncnn3cccc13)C2. The zero-order valence-corrected chi connectivity index (χ0v) is 15.9. The van der Waals surface area contributed by atoms with Gasteiger partial charge in [-0.05, 0) is 42.7 Å². The topological polar surface area (TPSA) is 69.0 Å². The summed E-state index contributed by atoms with van der Waals surface area (Å²) in [6.45, 7) is 0. The van der Waals surface area contributed by atoms with E-state index in [9.17, 15) is 13.6 Å². The van der Waals surface area contributed by atoms with Crippen LogP contribution in [0, 0.1) is 11.6 Å². The lowest BCUT2D eigenvalue weighted by atomic mass is 9.76. The minimum absolute atomic E-state index is 0.130. The molecule has 9 heteroatoms. The van der Waals surface area contributed by atoms with Gasteiger partial charge in [0.2, 0.25) is 5.88 Å². The van der Waals surface area contributed by atoms with Crippen LogP contribution < -0.4 is 4.74 Å². The van der Waals surface area contributed by atoms with E-state index in [1.54, 1.807) is 15.6 Å². The van der Waals surface area contributed by atoms with Crippen molar-refractivity contribution in [2.75, 3.05) is 0 Å². The Morgan fingerprint density at radius 1 is 1.17 bits per heavy atom. The maximum Gasteiger partial charge on any atom is 0.257 e. The van der Waals surface area contributed by atoms with Crippen LogP contribution in [0.2, 0.25) is 0 Å². The van der Waals surface area contributed by atoms with Crippen molar-refractivity contribution in [2.45, 2.75) is 49.7 Å². The lowest BCUT2D eigenvalue weighted by molar-refractivity contribution is -0.162. The molecule has 1 amide bonds. The fourth-order valence-corrected chi connectivity index (χ4v) is 4.93. The number of rotatable bonds is 3. The highest BCUT2D eigenvalue weighted by atomic mass is 19.1. The molecule has 7 nitrogen and oxygen atoms in total. The van der Waals surface area contributed by atoms with Crippen molar-refractivity contribution in [3.8, 4) is 5.88 Å². The number of fused-ring (bicyclic) bond motifs is 2. The summed E-state index contributed by atoms with van der Waals surface area (Å²) >= 11 is 0. The molecule has 2 saturated heterocycles. The molecule has 3 fully saturated rings. The van der Waals surface area contributed by atoms with Gasteiger partial charge >= 0.3 is 0 Å². The highest BCUT2D eigenvalue weighted by Crippen LogP contribution is 2.52. The number of nitrogens with zero attached hydrogens (tertiary/aromatic N) is 4. The van der Waals surface area contributed by atoms with Crippen molar-refractivity contribution in [3.63, 3.8) is 0 Å². The number of ether oxygens (including phenoxy) is 2. The summed E-state index contributed by atoms with van der Waals surface area (Å²) in [6.07, 6.45) is 4.74. The van der Waals surface area contributed by atoms with Gasteiger partial charge in [-0.15, -0.1) is 0 Å². The van der Waals surface area contributed by atoms with E-state index in [2.05, 4.69) is 10.1 Å². The van der Waals surface area contributed by atoms with Crippen LogP contribution >= 0.6 is 0 Å². The molecule has 2 aliphatic heterocycles. The first-order chi connectivity index (χ1) is 14.5. The molecule has 1 saturated carbocycles. The maximum absolute atomic E-state index is 13.7. The Morgan fingerprint density at radius 3 is 2.77 bits per heavy atom. The van der Waals surface area contributed by atoms with Crippen molar-refractivity contribution in [2.24, 2.45) is 0 Å². The summed E-state index contributed by atoms with van der Waals surface area (Å²) in [5.74, 6) is -0.951. The van der Waals surface area contributed by atoms with Crippen LogP contribution in [0.25, 0.3) is 5.52 Å². The third kappa shape index (κ3) is 2.54. The van der Waals surface area contributed by atoms with Crippen molar-refractivity contribution in [1.82, 2.24) is 19.5 Å². The minimum atomic E-state index is -0.925. The average molecular weight is 412 g/mol. The Hall–Kier alpha value is -3.07. The molecule has 4 heterocycles. The molecule has 0 bridgehead atoms. The molecule has 0 unspecified atom stereocenters. The highest BCUT2D eigenvalue weighted by Gasteiger charge is 2.63. The van der Waals surface area contributed by atoms with Crippen LogP contribution in [-0.2, 0) is 9.53 Å². The van der Waals surface area contributed by atoms with E-state index in [1.807, 2.05) is 12.1 Å². The number of hydrogen-bond acceptors (Lipinski definition) is 5. The van der Waals surface area contributed by atoms with E-state index in [-0.39, 0.29) is 24.3 Å². The molecular weight excluding hydrogens is 394 g/mol. The van der Waals surface area contributed by atoms with Gasteiger partial charge < -0.3 is 14.4 Å². The monoisotopic (exact) mass is 412 g/mol. The molecule has 1 spiro atoms. The summed E-state index contributed by atoms with van der Waals surface area (Å²) in [6, 6.07) is 6.75. The Morgan fingerprint density at radius 2 is 1.97 bits per heavy atom. The molecule has 3 aliphatic rings. The first-order valence-electron chi connectivity index (χ1n) is 9.94. The molecule has 2 atom stereocenters. The fourth-order valence-electron chi connectivity index (χ4n) is 4.93. The molecule has 154 valence electrons. The Balaban J connectivity index is 1.20. The van der Waals surface area contributed by atoms with Crippen LogP contribution in [-0.4, -0.2) is 43.3 Å². The molecule has 2 aromatic heterocycles. The van der Waals surface area contributed by atoms with Gasteiger partial charge in [-0.2, -0.15) is 10.1 Å². The molecule has 30 heavy (non-hydrogen) atoms. The molecule has 1 aromatic carbocycles.